The Morgan fingerprint density at radius 1 is 1.28 bits per heavy atom. The number of hydrogen-bond donors (Lipinski definition) is 3. The molecule has 0 saturated heterocycles. The summed E-state index contributed by atoms with van der Waals surface area (Å²) in [7, 11) is 0. The van der Waals surface area contributed by atoms with Crippen molar-refractivity contribution in [3.05, 3.63) is 34.3 Å². The number of aliphatic imine (C=N–C) groups is 1. The number of nitrogens with two attached hydrogens (primary N) is 1. The number of hydrogen-bond acceptors (Lipinski definition) is 2. The fourth-order valence-corrected chi connectivity index (χ4v) is 1.71. The van der Waals surface area contributed by atoms with Crippen LogP contribution in [-0.4, -0.2) is 12.5 Å². The zero-order valence-corrected chi connectivity index (χ0v) is 12.7. The summed E-state index contributed by atoms with van der Waals surface area (Å²) in [6.07, 6.45) is 0. The van der Waals surface area contributed by atoms with E-state index in [9.17, 15) is 0 Å². The predicted molar refractivity (Wildman–Crippen MR) is 80.2 cm³/mol. The van der Waals surface area contributed by atoms with Crippen molar-refractivity contribution >= 4 is 21.9 Å². The lowest BCUT2D eigenvalue weighted by Gasteiger charge is -2.17. The van der Waals surface area contributed by atoms with E-state index in [1.54, 1.807) is 0 Å². The molecule has 1 atom stereocenters. The van der Waals surface area contributed by atoms with Gasteiger partial charge >= 0.3 is 0 Å². The SMILES string of the molecule is CC(C)CN=C(NN)NC(C)c1ccc(Br)cc1. The van der Waals surface area contributed by atoms with E-state index in [2.05, 4.69) is 64.6 Å². The molecular weight excluding hydrogens is 292 g/mol. The summed E-state index contributed by atoms with van der Waals surface area (Å²) in [6, 6.07) is 8.33. The average molecular weight is 313 g/mol. The first-order chi connectivity index (χ1) is 8.52. The van der Waals surface area contributed by atoms with E-state index in [0.717, 1.165) is 11.0 Å². The molecule has 0 aliphatic heterocycles. The van der Waals surface area contributed by atoms with Gasteiger partial charge in [-0.3, -0.25) is 10.4 Å². The molecular formula is C13H21BrN4. The van der Waals surface area contributed by atoms with E-state index in [-0.39, 0.29) is 6.04 Å². The Bertz CT molecular complexity index is 386. The third kappa shape index (κ3) is 5.06. The minimum absolute atomic E-state index is 0.153. The minimum atomic E-state index is 0.153. The molecule has 0 saturated carbocycles. The van der Waals surface area contributed by atoms with Crippen molar-refractivity contribution in [1.29, 1.82) is 0 Å². The molecule has 4 N–H and O–H groups in total. The molecule has 0 amide bonds. The molecule has 100 valence electrons. The van der Waals surface area contributed by atoms with Gasteiger partial charge in [-0.1, -0.05) is 41.9 Å². The Morgan fingerprint density at radius 2 is 1.89 bits per heavy atom. The van der Waals surface area contributed by atoms with Crippen LogP contribution in [0.3, 0.4) is 0 Å². The summed E-state index contributed by atoms with van der Waals surface area (Å²) in [5, 5.41) is 3.26. The van der Waals surface area contributed by atoms with Crippen LogP contribution >= 0.6 is 15.9 Å². The molecule has 0 heterocycles. The molecule has 1 aromatic carbocycles. The second-order valence-corrected chi connectivity index (χ2v) is 5.56. The standard InChI is InChI=1S/C13H21BrN4/c1-9(2)8-16-13(18-15)17-10(3)11-4-6-12(14)7-5-11/h4-7,9-10H,8,15H2,1-3H3,(H2,16,17,18). The molecule has 0 fully saturated rings. The molecule has 1 rings (SSSR count). The topological polar surface area (TPSA) is 62.4 Å². The van der Waals surface area contributed by atoms with Gasteiger partial charge in [-0.05, 0) is 30.5 Å². The summed E-state index contributed by atoms with van der Waals surface area (Å²) in [4.78, 5) is 4.38. The van der Waals surface area contributed by atoms with Crippen molar-refractivity contribution in [2.24, 2.45) is 16.8 Å². The number of hydrazine groups is 1. The lowest BCUT2D eigenvalue weighted by molar-refractivity contribution is 0.642. The number of nitrogens with zero attached hydrogens (tertiary/aromatic N) is 1. The maximum atomic E-state index is 5.46. The molecule has 5 heteroatoms. The van der Waals surface area contributed by atoms with E-state index >= 15 is 0 Å². The highest BCUT2D eigenvalue weighted by molar-refractivity contribution is 9.10. The first kappa shape index (κ1) is 15.0. The fourth-order valence-electron chi connectivity index (χ4n) is 1.45. The lowest BCUT2D eigenvalue weighted by Crippen LogP contribution is -2.42. The Morgan fingerprint density at radius 3 is 2.39 bits per heavy atom. The normalized spacial score (nSPS) is 13.6. The maximum absolute atomic E-state index is 5.46. The number of nitrogens with one attached hydrogen (secondary N) is 2. The van der Waals surface area contributed by atoms with Crippen LogP contribution in [0, 0.1) is 5.92 Å². The molecule has 0 aliphatic carbocycles. The van der Waals surface area contributed by atoms with Crippen LogP contribution in [0.25, 0.3) is 0 Å². The van der Waals surface area contributed by atoms with Crippen LogP contribution in [0.5, 0.6) is 0 Å². The van der Waals surface area contributed by atoms with Gasteiger partial charge in [0.25, 0.3) is 0 Å². The lowest BCUT2D eigenvalue weighted by atomic mass is 10.1. The van der Waals surface area contributed by atoms with Crippen LogP contribution < -0.4 is 16.6 Å². The van der Waals surface area contributed by atoms with E-state index in [1.165, 1.54) is 5.56 Å². The maximum Gasteiger partial charge on any atom is 0.206 e. The van der Waals surface area contributed by atoms with Gasteiger partial charge < -0.3 is 5.32 Å². The smallest absolute Gasteiger partial charge is 0.206 e. The molecule has 1 unspecified atom stereocenters. The van der Waals surface area contributed by atoms with Crippen molar-refractivity contribution in [3.8, 4) is 0 Å². The Kier molecular flexibility index (Phi) is 6.15. The summed E-state index contributed by atoms with van der Waals surface area (Å²) >= 11 is 3.42. The van der Waals surface area contributed by atoms with Gasteiger partial charge in [0.15, 0.2) is 0 Å². The van der Waals surface area contributed by atoms with Crippen LogP contribution in [0.2, 0.25) is 0 Å². The van der Waals surface area contributed by atoms with Gasteiger partial charge in [0.1, 0.15) is 0 Å². The van der Waals surface area contributed by atoms with Crippen molar-refractivity contribution < 1.29 is 0 Å². The zero-order valence-electron chi connectivity index (χ0n) is 11.1. The molecule has 0 bridgehead atoms. The first-order valence-electron chi connectivity index (χ1n) is 6.06. The van der Waals surface area contributed by atoms with E-state index < -0.39 is 0 Å². The highest BCUT2D eigenvalue weighted by Gasteiger charge is 2.07. The molecule has 0 spiro atoms. The Labute approximate surface area is 117 Å². The second kappa shape index (κ2) is 7.38. The number of halogens is 1. The van der Waals surface area contributed by atoms with Gasteiger partial charge in [0.2, 0.25) is 5.96 Å². The summed E-state index contributed by atoms with van der Waals surface area (Å²) in [6.45, 7) is 7.07. The van der Waals surface area contributed by atoms with Gasteiger partial charge in [0.05, 0.1) is 6.04 Å². The van der Waals surface area contributed by atoms with Crippen molar-refractivity contribution in [2.75, 3.05) is 6.54 Å². The van der Waals surface area contributed by atoms with Gasteiger partial charge in [0, 0.05) is 11.0 Å². The van der Waals surface area contributed by atoms with Gasteiger partial charge in [-0.25, -0.2) is 5.84 Å². The summed E-state index contributed by atoms with van der Waals surface area (Å²) < 4.78 is 1.07. The zero-order chi connectivity index (χ0) is 13.5. The average Bonchev–Trinajstić information content (AvgIpc) is 2.34. The first-order valence-corrected chi connectivity index (χ1v) is 6.85. The van der Waals surface area contributed by atoms with Crippen LogP contribution in [0.1, 0.15) is 32.4 Å². The Balaban J connectivity index is 2.64. The molecule has 18 heavy (non-hydrogen) atoms. The number of rotatable bonds is 4. The van der Waals surface area contributed by atoms with Gasteiger partial charge in [-0.15, -0.1) is 0 Å². The van der Waals surface area contributed by atoms with Gasteiger partial charge in [-0.2, -0.15) is 0 Å². The summed E-state index contributed by atoms with van der Waals surface area (Å²) in [5.41, 5.74) is 3.78. The highest BCUT2D eigenvalue weighted by Crippen LogP contribution is 2.16. The predicted octanol–water partition coefficient (Wildman–Crippen LogP) is 2.58. The Hall–Kier alpha value is -1.07. The third-order valence-electron chi connectivity index (χ3n) is 2.47. The van der Waals surface area contributed by atoms with Crippen LogP contribution in [0.4, 0.5) is 0 Å². The number of guanidine groups is 1. The number of benzene rings is 1. The molecule has 0 aliphatic rings. The molecule has 0 aromatic heterocycles. The highest BCUT2D eigenvalue weighted by atomic mass is 79.9. The van der Waals surface area contributed by atoms with E-state index in [4.69, 9.17) is 5.84 Å². The van der Waals surface area contributed by atoms with Crippen molar-refractivity contribution in [3.63, 3.8) is 0 Å². The second-order valence-electron chi connectivity index (χ2n) is 4.65. The largest absolute Gasteiger partial charge is 0.349 e. The van der Waals surface area contributed by atoms with Crippen molar-refractivity contribution in [2.45, 2.75) is 26.8 Å². The molecule has 1 aromatic rings. The third-order valence-corrected chi connectivity index (χ3v) is 3.00. The monoisotopic (exact) mass is 312 g/mol. The van der Waals surface area contributed by atoms with E-state index in [1.807, 2.05) is 12.1 Å². The molecule has 0 radical (unpaired) electrons. The minimum Gasteiger partial charge on any atom is -0.349 e. The fraction of sp³-hybridized carbons (Fsp3) is 0.462. The van der Waals surface area contributed by atoms with E-state index in [0.29, 0.717) is 11.9 Å². The van der Waals surface area contributed by atoms with Crippen LogP contribution in [0.15, 0.2) is 33.7 Å². The quantitative estimate of drug-likeness (QED) is 0.346. The van der Waals surface area contributed by atoms with Crippen molar-refractivity contribution in [1.82, 2.24) is 10.7 Å². The van der Waals surface area contributed by atoms with Crippen LogP contribution in [-0.2, 0) is 0 Å². The summed E-state index contributed by atoms with van der Waals surface area (Å²) in [5.74, 6) is 6.60. The molecule has 4 nitrogen and oxygen atoms in total.